The van der Waals surface area contributed by atoms with Crippen LogP contribution >= 0.6 is 10.8 Å². The van der Waals surface area contributed by atoms with E-state index in [0.29, 0.717) is 19.3 Å². The highest BCUT2D eigenvalue weighted by atomic mass is 32.3. The number of aromatic nitrogens is 2. The number of carbonyl (C=O) groups excluding carboxylic acids is 1. The zero-order valence-electron chi connectivity index (χ0n) is 16.9. The van der Waals surface area contributed by atoms with Gasteiger partial charge in [0, 0.05) is 20.1 Å². The number of hydrogen-bond donors (Lipinski definition) is 4. The minimum absolute atomic E-state index is 0.0576. The van der Waals surface area contributed by atoms with E-state index in [1.807, 2.05) is 24.3 Å². The van der Waals surface area contributed by atoms with Gasteiger partial charge in [0.2, 0.25) is 11.7 Å². The molecule has 11 heteroatoms. The Morgan fingerprint density at radius 3 is 2.60 bits per heavy atom. The van der Waals surface area contributed by atoms with Gasteiger partial charge in [0.1, 0.15) is 5.75 Å². The van der Waals surface area contributed by atoms with Gasteiger partial charge in [-0.1, -0.05) is 12.1 Å². The Balaban J connectivity index is 1.78. The third-order valence-electron chi connectivity index (χ3n) is 4.92. The average Bonchev–Trinajstić information content (AvgIpc) is 2.73. The SMILES string of the molecule is COc1ccc(CCNC(=O)c2nc(N3CCCCS3(O)O)n(C)c(=O)c2O)cc1. The van der Waals surface area contributed by atoms with Crippen molar-refractivity contribution >= 4 is 22.6 Å². The topological polar surface area (TPSA) is 137 Å². The number of ether oxygens (including phenoxy) is 1. The summed E-state index contributed by atoms with van der Waals surface area (Å²) in [4.78, 5) is 29.1. The molecule has 1 amide bonds. The van der Waals surface area contributed by atoms with E-state index in [1.54, 1.807) is 7.11 Å². The summed E-state index contributed by atoms with van der Waals surface area (Å²) in [6.07, 6.45) is 1.86. The fourth-order valence-electron chi connectivity index (χ4n) is 3.19. The molecule has 0 unspecified atom stereocenters. The molecule has 0 atom stereocenters. The van der Waals surface area contributed by atoms with E-state index < -0.39 is 33.7 Å². The molecule has 2 heterocycles. The highest BCUT2D eigenvalue weighted by Crippen LogP contribution is 2.48. The molecule has 0 aliphatic carbocycles. The van der Waals surface area contributed by atoms with E-state index in [4.69, 9.17) is 4.74 Å². The van der Waals surface area contributed by atoms with Crippen LogP contribution in [0.4, 0.5) is 5.95 Å². The normalized spacial score (nSPS) is 16.7. The summed E-state index contributed by atoms with van der Waals surface area (Å²) in [7, 11) is -0.202. The minimum Gasteiger partial charge on any atom is -0.501 e. The Kier molecular flexibility index (Phi) is 6.54. The lowest BCUT2D eigenvalue weighted by atomic mass is 10.1. The number of carbonyl (C=O) groups is 1. The van der Waals surface area contributed by atoms with Gasteiger partial charge < -0.3 is 15.2 Å². The van der Waals surface area contributed by atoms with Gasteiger partial charge in [-0.2, -0.15) is 0 Å². The first kappa shape index (κ1) is 21.9. The van der Waals surface area contributed by atoms with Crippen LogP contribution in [0.2, 0.25) is 0 Å². The summed E-state index contributed by atoms with van der Waals surface area (Å²) < 4.78 is 28.1. The van der Waals surface area contributed by atoms with Crippen LogP contribution in [0.25, 0.3) is 0 Å². The van der Waals surface area contributed by atoms with Crippen LogP contribution < -0.4 is 19.9 Å². The molecule has 164 valence electrons. The lowest BCUT2D eigenvalue weighted by Crippen LogP contribution is -2.40. The monoisotopic (exact) mass is 438 g/mol. The first-order valence-electron chi connectivity index (χ1n) is 9.49. The van der Waals surface area contributed by atoms with Crippen LogP contribution in [-0.4, -0.2) is 55.6 Å². The molecule has 3 rings (SSSR count). The maximum atomic E-state index is 12.6. The van der Waals surface area contributed by atoms with Gasteiger partial charge in [-0.05, 0) is 37.0 Å². The number of aromatic hydroxyl groups is 1. The van der Waals surface area contributed by atoms with Crippen LogP contribution in [0.15, 0.2) is 29.1 Å². The molecule has 0 radical (unpaired) electrons. The standard InChI is InChI=1S/C19H26N4O6S/c1-22-18(26)16(24)15(21-19(22)23-11-3-4-12-30(23,27)28)17(25)20-10-9-13-5-7-14(29-2)8-6-13/h5-8,24,27-28H,3-4,9-12H2,1-2H3,(H,20,25). The molecule has 1 fully saturated rings. The predicted octanol–water partition coefficient (Wildman–Crippen LogP) is 1.73. The fraction of sp³-hybridized carbons (Fsp3) is 0.421. The summed E-state index contributed by atoms with van der Waals surface area (Å²) in [5, 5.41) is 12.8. The predicted molar refractivity (Wildman–Crippen MR) is 114 cm³/mol. The van der Waals surface area contributed by atoms with Crippen molar-refractivity contribution in [3.05, 3.63) is 45.9 Å². The molecule has 0 bridgehead atoms. The highest BCUT2D eigenvalue weighted by molar-refractivity contribution is 8.25. The zero-order valence-corrected chi connectivity index (χ0v) is 17.7. The second-order valence-corrected chi connectivity index (χ2v) is 9.09. The lowest BCUT2D eigenvalue weighted by Gasteiger charge is -2.46. The van der Waals surface area contributed by atoms with Crippen molar-refractivity contribution in [2.24, 2.45) is 7.05 Å². The number of methoxy groups -OCH3 is 1. The minimum atomic E-state index is -3.14. The summed E-state index contributed by atoms with van der Waals surface area (Å²) >= 11 is 0. The number of nitrogens with one attached hydrogen (secondary N) is 1. The smallest absolute Gasteiger partial charge is 0.297 e. The van der Waals surface area contributed by atoms with Crippen molar-refractivity contribution in [1.82, 2.24) is 14.9 Å². The largest absolute Gasteiger partial charge is 0.501 e. The maximum absolute atomic E-state index is 12.6. The molecule has 4 N–H and O–H groups in total. The summed E-state index contributed by atoms with van der Waals surface area (Å²) in [6, 6.07) is 7.38. The van der Waals surface area contributed by atoms with Crippen LogP contribution in [0.3, 0.4) is 0 Å². The third-order valence-corrected chi connectivity index (χ3v) is 6.81. The quantitative estimate of drug-likeness (QED) is 0.535. The Morgan fingerprint density at radius 1 is 1.27 bits per heavy atom. The molecule has 1 aliphatic heterocycles. The first-order valence-corrected chi connectivity index (χ1v) is 11.2. The van der Waals surface area contributed by atoms with E-state index >= 15 is 0 Å². The third kappa shape index (κ3) is 4.53. The molecule has 0 spiro atoms. The first-order chi connectivity index (χ1) is 14.2. The molecule has 30 heavy (non-hydrogen) atoms. The summed E-state index contributed by atoms with van der Waals surface area (Å²) in [6.45, 7) is 0.543. The van der Waals surface area contributed by atoms with Crippen LogP contribution in [0, 0.1) is 0 Å². The maximum Gasteiger partial charge on any atom is 0.297 e. The van der Waals surface area contributed by atoms with Gasteiger partial charge >= 0.3 is 0 Å². The molecule has 10 nitrogen and oxygen atoms in total. The number of nitrogens with zero attached hydrogens (tertiary/aromatic N) is 3. The second-order valence-electron chi connectivity index (χ2n) is 6.97. The summed E-state index contributed by atoms with van der Waals surface area (Å²) in [5.74, 6) is -0.663. The zero-order chi connectivity index (χ0) is 21.9. The van der Waals surface area contributed by atoms with Gasteiger partial charge in [-0.3, -0.25) is 23.3 Å². The van der Waals surface area contributed by atoms with Crippen molar-refractivity contribution < 1.29 is 23.7 Å². The van der Waals surface area contributed by atoms with Gasteiger partial charge in [0.05, 0.1) is 12.9 Å². The Morgan fingerprint density at radius 2 is 1.97 bits per heavy atom. The van der Waals surface area contributed by atoms with E-state index in [0.717, 1.165) is 15.9 Å². The molecular formula is C19H26N4O6S. The van der Waals surface area contributed by atoms with E-state index in [9.17, 15) is 23.8 Å². The number of rotatable bonds is 6. The average molecular weight is 439 g/mol. The van der Waals surface area contributed by atoms with Crippen molar-refractivity contribution in [3.63, 3.8) is 0 Å². The molecule has 2 aromatic rings. The highest BCUT2D eigenvalue weighted by Gasteiger charge is 2.31. The molecule has 1 saturated heterocycles. The van der Waals surface area contributed by atoms with Crippen molar-refractivity contribution in [2.45, 2.75) is 19.3 Å². The molecule has 1 aliphatic rings. The van der Waals surface area contributed by atoms with Gasteiger partial charge in [-0.15, -0.1) is 10.8 Å². The lowest BCUT2D eigenvalue weighted by molar-refractivity contribution is 0.0945. The number of hydrogen-bond acceptors (Lipinski definition) is 8. The van der Waals surface area contributed by atoms with E-state index in [-0.39, 0.29) is 24.8 Å². The van der Waals surface area contributed by atoms with E-state index in [2.05, 4.69) is 10.3 Å². The van der Waals surface area contributed by atoms with Crippen LogP contribution in [0.5, 0.6) is 11.5 Å². The molecule has 0 saturated carbocycles. The number of anilines is 1. The number of amides is 1. The molecular weight excluding hydrogens is 412 g/mol. The Labute approximate surface area is 175 Å². The van der Waals surface area contributed by atoms with Gasteiger partial charge in [-0.25, -0.2) is 9.29 Å². The Hall–Kier alpha value is -2.76. The van der Waals surface area contributed by atoms with Crippen LogP contribution in [0.1, 0.15) is 28.9 Å². The fourth-order valence-corrected chi connectivity index (χ4v) is 4.85. The molecule has 1 aromatic heterocycles. The Bertz CT molecular complexity index is 976. The number of benzene rings is 1. The molecule has 1 aromatic carbocycles. The van der Waals surface area contributed by atoms with Crippen molar-refractivity contribution in [1.29, 1.82) is 0 Å². The van der Waals surface area contributed by atoms with Gasteiger partial charge in [0.25, 0.3) is 11.5 Å². The van der Waals surface area contributed by atoms with Crippen LogP contribution in [-0.2, 0) is 13.5 Å². The second kappa shape index (κ2) is 8.94. The summed E-state index contributed by atoms with van der Waals surface area (Å²) in [5.41, 5.74) is -0.301. The van der Waals surface area contributed by atoms with Gasteiger partial charge in [0.15, 0.2) is 5.69 Å². The van der Waals surface area contributed by atoms with E-state index in [1.165, 1.54) is 11.4 Å². The van der Waals surface area contributed by atoms with Crippen molar-refractivity contribution in [2.75, 3.05) is 30.3 Å². The van der Waals surface area contributed by atoms with Crippen molar-refractivity contribution in [3.8, 4) is 11.5 Å².